The zero-order valence-electron chi connectivity index (χ0n) is 17.0. The van der Waals surface area contributed by atoms with Gasteiger partial charge in [0.25, 0.3) is 0 Å². The molecule has 0 bridgehead atoms. The number of hydrogen-bond donors (Lipinski definition) is 0. The average molecular weight is 428 g/mol. The van der Waals surface area contributed by atoms with Crippen molar-refractivity contribution in [2.75, 3.05) is 13.1 Å². The number of benzene rings is 2. The summed E-state index contributed by atoms with van der Waals surface area (Å²) in [6, 6.07) is 16.2. The van der Waals surface area contributed by atoms with E-state index in [9.17, 15) is 12.8 Å². The van der Waals surface area contributed by atoms with Gasteiger partial charge in [0, 0.05) is 42.7 Å². The zero-order chi connectivity index (χ0) is 21.1. The highest BCUT2D eigenvalue weighted by Crippen LogP contribution is 2.27. The second-order valence-electron chi connectivity index (χ2n) is 7.89. The number of hydrogen-bond acceptors (Lipinski definition) is 3. The van der Waals surface area contributed by atoms with Gasteiger partial charge in [0.15, 0.2) is 0 Å². The van der Waals surface area contributed by atoms with Crippen molar-refractivity contribution >= 4 is 10.0 Å². The Morgan fingerprint density at radius 3 is 2.40 bits per heavy atom. The zero-order valence-corrected chi connectivity index (χ0v) is 17.9. The highest BCUT2D eigenvalue weighted by atomic mass is 32.2. The van der Waals surface area contributed by atoms with Crippen molar-refractivity contribution in [2.45, 2.75) is 32.1 Å². The van der Waals surface area contributed by atoms with Gasteiger partial charge in [-0.3, -0.25) is 0 Å². The van der Waals surface area contributed by atoms with Gasteiger partial charge in [-0.25, -0.2) is 22.1 Å². The molecule has 2 aromatic carbocycles. The van der Waals surface area contributed by atoms with Gasteiger partial charge in [-0.2, -0.15) is 0 Å². The van der Waals surface area contributed by atoms with Crippen LogP contribution in [0.25, 0.3) is 11.4 Å². The van der Waals surface area contributed by atoms with E-state index in [4.69, 9.17) is 0 Å². The summed E-state index contributed by atoms with van der Waals surface area (Å²) in [4.78, 5) is 4.58. The average Bonchev–Trinajstić information content (AvgIpc) is 3.11. The summed E-state index contributed by atoms with van der Waals surface area (Å²) in [5.41, 5.74) is 2.40. The smallest absolute Gasteiger partial charge is 0.218 e. The fourth-order valence-electron chi connectivity index (χ4n) is 4.04. The molecule has 4 rings (SSSR count). The first-order valence-electron chi connectivity index (χ1n) is 10.2. The molecule has 30 heavy (non-hydrogen) atoms. The van der Waals surface area contributed by atoms with Crippen LogP contribution in [-0.4, -0.2) is 35.4 Å². The molecular formula is C23H26FN3O2S. The lowest BCUT2D eigenvalue weighted by molar-refractivity contribution is 0.252. The molecule has 1 saturated heterocycles. The van der Waals surface area contributed by atoms with Crippen LogP contribution in [-0.2, 0) is 22.3 Å². The van der Waals surface area contributed by atoms with Gasteiger partial charge in [-0.1, -0.05) is 48.5 Å². The maximum Gasteiger partial charge on any atom is 0.218 e. The number of aromatic nitrogens is 2. The minimum atomic E-state index is -3.53. The van der Waals surface area contributed by atoms with Crippen molar-refractivity contribution in [3.63, 3.8) is 0 Å². The molecule has 0 radical (unpaired) electrons. The molecule has 5 nitrogen and oxygen atoms in total. The van der Waals surface area contributed by atoms with Crippen LogP contribution in [0.2, 0.25) is 0 Å². The molecule has 2 heterocycles. The maximum atomic E-state index is 13.9. The largest absolute Gasteiger partial charge is 0.328 e. The van der Waals surface area contributed by atoms with E-state index in [1.165, 1.54) is 16.4 Å². The molecule has 158 valence electrons. The lowest BCUT2D eigenvalue weighted by Gasteiger charge is -2.32. The predicted octanol–water partition coefficient (Wildman–Crippen LogP) is 4.24. The van der Waals surface area contributed by atoms with E-state index in [2.05, 4.69) is 21.7 Å². The van der Waals surface area contributed by atoms with Crippen LogP contribution in [0.5, 0.6) is 0 Å². The van der Waals surface area contributed by atoms with Crippen molar-refractivity contribution < 1.29 is 12.8 Å². The normalized spacial score (nSPS) is 16.1. The fourth-order valence-corrected chi connectivity index (χ4v) is 5.62. The van der Waals surface area contributed by atoms with Crippen molar-refractivity contribution in [3.8, 4) is 11.4 Å². The van der Waals surface area contributed by atoms with Crippen molar-refractivity contribution in [2.24, 2.45) is 5.92 Å². The Hall–Kier alpha value is -2.51. The summed E-state index contributed by atoms with van der Waals surface area (Å²) in [7, 11) is -3.53. The standard InChI is InChI=1S/C23H26FN3O2S/c1-18-15-25-23(20-7-3-2-4-8-20)27(18)16-19-11-13-26(14-12-19)30(28,29)17-21-9-5-6-10-22(21)24/h2-10,15,19H,11-14,16-17H2,1H3. The molecule has 0 saturated carbocycles. The third kappa shape index (κ3) is 4.47. The molecule has 0 amide bonds. The van der Waals surface area contributed by atoms with Crippen LogP contribution in [0, 0.1) is 18.7 Å². The van der Waals surface area contributed by atoms with Gasteiger partial charge in [-0.15, -0.1) is 0 Å². The van der Waals surface area contributed by atoms with E-state index in [-0.39, 0.29) is 11.3 Å². The third-order valence-corrected chi connectivity index (χ3v) is 7.62. The van der Waals surface area contributed by atoms with E-state index < -0.39 is 15.8 Å². The number of sulfonamides is 1. The minimum Gasteiger partial charge on any atom is -0.328 e. The molecule has 1 aromatic heterocycles. The van der Waals surface area contributed by atoms with E-state index in [0.717, 1.165) is 36.5 Å². The second kappa shape index (κ2) is 8.70. The molecule has 7 heteroatoms. The summed E-state index contributed by atoms with van der Waals surface area (Å²) in [5, 5.41) is 0. The molecule has 0 N–H and O–H groups in total. The van der Waals surface area contributed by atoms with Crippen LogP contribution >= 0.6 is 0 Å². The van der Waals surface area contributed by atoms with Gasteiger partial charge in [-0.05, 0) is 31.7 Å². The Morgan fingerprint density at radius 1 is 1.03 bits per heavy atom. The van der Waals surface area contributed by atoms with E-state index in [1.54, 1.807) is 12.1 Å². The first-order chi connectivity index (χ1) is 14.4. The lowest BCUT2D eigenvalue weighted by atomic mass is 9.98. The second-order valence-corrected chi connectivity index (χ2v) is 9.86. The summed E-state index contributed by atoms with van der Waals surface area (Å²) >= 11 is 0. The quantitative estimate of drug-likeness (QED) is 0.591. The Balaban J connectivity index is 1.41. The summed E-state index contributed by atoms with van der Waals surface area (Å²) in [6.45, 7) is 3.80. The lowest BCUT2D eigenvalue weighted by Crippen LogP contribution is -2.40. The molecule has 1 aliphatic heterocycles. The summed E-state index contributed by atoms with van der Waals surface area (Å²) in [6.07, 6.45) is 3.45. The topological polar surface area (TPSA) is 55.2 Å². The molecule has 0 spiro atoms. The number of nitrogens with zero attached hydrogens (tertiary/aromatic N) is 3. The van der Waals surface area contributed by atoms with Gasteiger partial charge in [0.05, 0.1) is 5.75 Å². The molecule has 1 aliphatic rings. The molecule has 0 unspecified atom stereocenters. The van der Waals surface area contributed by atoms with Gasteiger partial charge < -0.3 is 4.57 Å². The third-order valence-electron chi connectivity index (χ3n) is 5.79. The van der Waals surface area contributed by atoms with Crippen LogP contribution < -0.4 is 0 Å². The number of rotatable bonds is 6. The Morgan fingerprint density at radius 2 is 1.70 bits per heavy atom. The summed E-state index contributed by atoms with van der Waals surface area (Å²) in [5.74, 6) is 0.561. The van der Waals surface area contributed by atoms with E-state index >= 15 is 0 Å². The highest BCUT2D eigenvalue weighted by molar-refractivity contribution is 7.88. The van der Waals surface area contributed by atoms with E-state index in [0.29, 0.717) is 19.0 Å². The highest BCUT2D eigenvalue weighted by Gasteiger charge is 2.29. The van der Waals surface area contributed by atoms with Crippen molar-refractivity contribution in [1.29, 1.82) is 0 Å². The van der Waals surface area contributed by atoms with Crippen LogP contribution in [0.15, 0.2) is 60.8 Å². The van der Waals surface area contributed by atoms with E-state index in [1.807, 2.05) is 31.3 Å². The summed E-state index contributed by atoms with van der Waals surface area (Å²) < 4.78 is 43.2. The van der Waals surface area contributed by atoms with Gasteiger partial charge >= 0.3 is 0 Å². The van der Waals surface area contributed by atoms with Gasteiger partial charge in [0.2, 0.25) is 10.0 Å². The van der Waals surface area contributed by atoms with Crippen LogP contribution in [0.1, 0.15) is 24.1 Å². The number of imidazole rings is 1. The molecule has 0 aliphatic carbocycles. The van der Waals surface area contributed by atoms with Crippen molar-refractivity contribution in [1.82, 2.24) is 13.9 Å². The number of piperidine rings is 1. The van der Waals surface area contributed by atoms with Crippen LogP contribution in [0.4, 0.5) is 4.39 Å². The minimum absolute atomic E-state index is 0.223. The molecule has 0 atom stereocenters. The fraction of sp³-hybridized carbons (Fsp3) is 0.348. The Bertz CT molecular complexity index is 1100. The maximum absolute atomic E-state index is 13.9. The van der Waals surface area contributed by atoms with Crippen molar-refractivity contribution in [3.05, 3.63) is 77.9 Å². The number of halogens is 1. The SMILES string of the molecule is Cc1cnc(-c2ccccc2)n1CC1CCN(S(=O)(=O)Cc2ccccc2F)CC1. The monoisotopic (exact) mass is 427 g/mol. The molecule has 1 fully saturated rings. The number of aryl methyl sites for hydroxylation is 1. The molecule has 3 aromatic rings. The predicted molar refractivity (Wildman–Crippen MR) is 116 cm³/mol. The first kappa shape index (κ1) is 20.8. The van der Waals surface area contributed by atoms with Gasteiger partial charge in [0.1, 0.15) is 11.6 Å². The van der Waals surface area contributed by atoms with Crippen LogP contribution in [0.3, 0.4) is 0 Å². The first-order valence-corrected chi connectivity index (χ1v) is 11.8. The molecular weight excluding hydrogens is 401 g/mol. The Labute approximate surface area is 177 Å². The Kier molecular flexibility index (Phi) is 6.01.